The molecule has 0 aliphatic carbocycles. The zero-order valence-corrected chi connectivity index (χ0v) is 11.2. The average molecular weight is 334 g/mol. The first-order valence-electron chi connectivity index (χ1n) is 6.05. The topological polar surface area (TPSA) is 167 Å². The second-order valence-electron chi connectivity index (χ2n) is 4.42. The molecule has 0 aromatic carbocycles. The number of nitrogens with one attached hydrogen (secondary N) is 1. The van der Waals surface area contributed by atoms with Crippen LogP contribution in [0.15, 0.2) is 0 Å². The maximum Gasteiger partial charge on any atom is 0.430 e. The molecular weight excluding hydrogens is 317 g/mol. The Balaban J connectivity index is 0.000000534. The van der Waals surface area contributed by atoms with Crippen LogP contribution in [0.4, 0.5) is 13.2 Å². The monoisotopic (exact) mass is 334 g/mol. The Labute approximate surface area is 122 Å². The number of piperazine rings is 1. The summed E-state index contributed by atoms with van der Waals surface area (Å²) in [4.78, 5) is 19.8. The highest BCUT2D eigenvalue weighted by Crippen LogP contribution is 2.11. The van der Waals surface area contributed by atoms with Gasteiger partial charge >= 0.3 is 6.18 Å². The molecular formula is C10H17F3N2O7. The van der Waals surface area contributed by atoms with Crippen LogP contribution in [0.5, 0.6) is 0 Å². The van der Waals surface area contributed by atoms with Crippen LogP contribution in [0.3, 0.4) is 0 Å². The van der Waals surface area contributed by atoms with Gasteiger partial charge in [0.1, 0.15) is 30.3 Å². The van der Waals surface area contributed by atoms with Gasteiger partial charge in [-0.2, -0.15) is 13.2 Å². The predicted octanol–water partition coefficient (Wildman–Crippen LogP) is -5.58. The van der Waals surface area contributed by atoms with Crippen molar-refractivity contribution >= 4 is 11.9 Å². The van der Waals surface area contributed by atoms with Crippen molar-refractivity contribution in [3.05, 3.63) is 0 Å². The molecule has 1 fully saturated rings. The number of carboxylic acids is 1. The molecule has 0 saturated carbocycles. The molecule has 12 heteroatoms. The smallest absolute Gasteiger partial charge is 0.430 e. The minimum atomic E-state index is -5.19. The zero-order chi connectivity index (χ0) is 17.5. The molecule has 7 N–H and O–H groups in total. The first kappa shape index (κ1) is 20.5. The number of nitrogens with two attached hydrogens (primary N) is 1. The van der Waals surface area contributed by atoms with Gasteiger partial charge < -0.3 is 41.0 Å². The maximum atomic E-state index is 11.0. The Kier molecular flexibility index (Phi) is 8.26. The third kappa shape index (κ3) is 7.00. The molecule has 0 bridgehead atoms. The van der Waals surface area contributed by atoms with Crippen LogP contribution in [-0.2, 0) is 9.59 Å². The summed E-state index contributed by atoms with van der Waals surface area (Å²) >= 11 is 0. The number of quaternary nitrogens is 1. The van der Waals surface area contributed by atoms with Crippen LogP contribution in [0.2, 0.25) is 0 Å². The van der Waals surface area contributed by atoms with E-state index in [0.717, 1.165) is 0 Å². The molecule has 4 atom stereocenters. The summed E-state index contributed by atoms with van der Waals surface area (Å²) in [5.41, 5.74) is 0. The Morgan fingerprint density at radius 3 is 2.27 bits per heavy atom. The number of aliphatic hydroxyl groups excluding tert-OH is 4. The third-order valence-corrected chi connectivity index (χ3v) is 2.67. The number of halogens is 3. The lowest BCUT2D eigenvalue weighted by Gasteiger charge is -2.30. The molecule has 1 saturated heterocycles. The van der Waals surface area contributed by atoms with Crippen molar-refractivity contribution in [3.8, 4) is 0 Å². The van der Waals surface area contributed by atoms with Crippen molar-refractivity contribution in [3.63, 3.8) is 0 Å². The standard InChI is InChI=1S/C8H16N2O5.C2HF3O2/c11-3-5(12)8(15)7(14)4-1-9-2-6(13)10-4;3-2(4,5)1(6)7/h4-5,7-9,11-12,14-15H,1-3H2,(H,10,13);(H,6,7)/t4-,5+,7+,8+;/m0./s1. The molecule has 0 aromatic heterocycles. The Morgan fingerprint density at radius 1 is 1.41 bits per heavy atom. The van der Waals surface area contributed by atoms with E-state index in [9.17, 15) is 28.2 Å². The van der Waals surface area contributed by atoms with E-state index in [4.69, 9.17) is 20.1 Å². The van der Waals surface area contributed by atoms with Crippen LogP contribution < -0.4 is 15.7 Å². The van der Waals surface area contributed by atoms with Gasteiger partial charge in [-0.15, -0.1) is 0 Å². The molecule has 1 amide bonds. The Bertz CT molecular complexity index is 380. The van der Waals surface area contributed by atoms with Crippen LogP contribution >= 0.6 is 0 Å². The van der Waals surface area contributed by atoms with Crippen LogP contribution in [0, 0.1) is 0 Å². The second-order valence-corrected chi connectivity index (χ2v) is 4.42. The number of hydrogen-bond donors (Lipinski definition) is 6. The van der Waals surface area contributed by atoms with Crippen molar-refractivity contribution in [1.29, 1.82) is 0 Å². The zero-order valence-electron chi connectivity index (χ0n) is 11.2. The van der Waals surface area contributed by atoms with E-state index in [1.165, 1.54) is 0 Å². The first-order valence-corrected chi connectivity index (χ1v) is 6.05. The van der Waals surface area contributed by atoms with Gasteiger partial charge in [-0.05, 0) is 0 Å². The van der Waals surface area contributed by atoms with Gasteiger partial charge in [0.2, 0.25) is 0 Å². The molecule has 1 aliphatic heterocycles. The highest BCUT2D eigenvalue weighted by molar-refractivity contribution is 5.77. The molecule has 1 heterocycles. The lowest BCUT2D eigenvalue weighted by Crippen LogP contribution is -2.94. The van der Waals surface area contributed by atoms with Gasteiger partial charge in [0.25, 0.3) is 5.91 Å². The fraction of sp³-hybridized carbons (Fsp3) is 0.800. The minimum absolute atomic E-state index is 0.226. The number of carbonyl (C=O) groups excluding carboxylic acids is 2. The number of aliphatic carboxylic acids is 1. The van der Waals surface area contributed by atoms with Crippen LogP contribution in [0.25, 0.3) is 0 Å². The summed E-state index contributed by atoms with van der Waals surface area (Å²) in [5.74, 6) is -3.23. The summed E-state index contributed by atoms with van der Waals surface area (Å²) in [6, 6.07) is -0.609. The SMILES string of the molecule is O=C([O-])C(F)(F)F.O=C1C[NH2+]C[C@@H]([C@@H](O)[C@H](O)[C@H](O)CO)N1. The van der Waals surface area contributed by atoms with Crippen molar-refractivity contribution < 1.29 is 53.6 Å². The average Bonchev–Trinajstić information content (AvgIpc) is 2.44. The molecule has 22 heavy (non-hydrogen) atoms. The van der Waals surface area contributed by atoms with Crippen molar-refractivity contribution in [2.24, 2.45) is 0 Å². The summed E-state index contributed by atoms with van der Waals surface area (Å²) in [6.07, 6.45) is -9.35. The van der Waals surface area contributed by atoms with Crippen LogP contribution in [0.1, 0.15) is 0 Å². The molecule has 0 aromatic rings. The van der Waals surface area contributed by atoms with Gasteiger partial charge in [-0.1, -0.05) is 0 Å². The van der Waals surface area contributed by atoms with E-state index < -0.39 is 43.1 Å². The van der Waals surface area contributed by atoms with E-state index in [-0.39, 0.29) is 5.91 Å². The molecule has 9 nitrogen and oxygen atoms in total. The highest BCUT2D eigenvalue weighted by Gasteiger charge is 2.35. The highest BCUT2D eigenvalue weighted by atomic mass is 19.4. The number of hydrogen-bond acceptors (Lipinski definition) is 7. The fourth-order valence-corrected chi connectivity index (χ4v) is 1.52. The van der Waals surface area contributed by atoms with Crippen molar-refractivity contribution in [2.45, 2.75) is 30.5 Å². The van der Waals surface area contributed by atoms with Gasteiger partial charge in [0.05, 0.1) is 13.2 Å². The fourth-order valence-electron chi connectivity index (χ4n) is 1.52. The van der Waals surface area contributed by atoms with Gasteiger partial charge in [-0.25, -0.2) is 0 Å². The van der Waals surface area contributed by atoms with E-state index in [1.54, 1.807) is 5.32 Å². The summed E-state index contributed by atoms with van der Waals surface area (Å²) < 4.78 is 31.5. The van der Waals surface area contributed by atoms with Crippen LogP contribution in [-0.4, -0.2) is 82.5 Å². The van der Waals surface area contributed by atoms with Crippen molar-refractivity contribution in [2.75, 3.05) is 19.7 Å². The molecule has 130 valence electrons. The lowest BCUT2D eigenvalue weighted by molar-refractivity contribution is -0.652. The first-order chi connectivity index (χ1) is 10.0. The summed E-state index contributed by atoms with van der Waals surface area (Å²) in [5, 5.41) is 49.7. The van der Waals surface area contributed by atoms with E-state index >= 15 is 0 Å². The lowest BCUT2D eigenvalue weighted by atomic mass is 10.00. The number of rotatable bonds is 4. The van der Waals surface area contributed by atoms with E-state index in [2.05, 4.69) is 5.32 Å². The second kappa shape index (κ2) is 8.85. The Morgan fingerprint density at radius 2 is 1.91 bits per heavy atom. The minimum Gasteiger partial charge on any atom is -0.542 e. The molecule has 1 aliphatic rings. The molecule has 0 radical (unpaired) electrons. The van der Waals surface area contributed by atoms with E-state index in [1.807, 2.05) is 0 Å². The van der Waals surface area contributed by atoms with Gasteiger partial charge in [0.15, 0.2) is 6.54 Å². The number of amides is 1. The number of aliphatic hydroxyl groups is 4. The summed E-state index contributed by atoms with van der Waals surface area (Å²) in [6.45, 7) is 0.0899. The quantitative estimate of drug-likeness (QED) is 0.298. The van der Waals surface area contributed by atoms with E-state index in [0.29, 0.717) is 13.1 Å². The van der Waals surface area contributed by atoms with Gasteiger partial charge in [-0.3, -0.25) is 4.79 Å². The number of alkyl halides is 3. The maximum absolute atomic E-state index is 11.0. The molecule has 0 unspecified atom stereocenters. The number of carboxylic acid groups (broad SMARTS) is 1. The number of carbonyl (C=O) groups is 2. The largest absolute Gasteiger partial charge is 0.542 e. The normalized spacial score (nSPS) is 22.7. The molecule has 0 spiro atoms. The molecule has 1 rings (SSSR count). The third-order valence-electron chi connectivity index (χ3n) is 2.67. The van der Waals surface area contributed by atoms with Gasteiger partial charge in [0, 0.05) is 0 Å². The summed E-state index contributed by atoms with van der Waals surface area (Å²) in [7, 11) is 0. The van der Waals surface area contributed by atoms with Crippen molar-refractivity contribution in [1.82, 2.24) is 5.32 Å². The Hall–Kier alpha value is -1.47. The predicted molar refractivity (Wildman–Crippen MR) is 59.8 cm³/mol.